The number of rotatable bonds is 8. The number of amides is 1. The second kappa shape index (κ2) is 9.92. The van der Waals surface area contributed by atoms with Gasteiger partial charge < -0.3 is 19.9 Å². The number of allylic oxidation sites excluding steroid dienone is 1. The van der Waals surface area contributed by atoms with Gasteiger partial charge in [0, 0.05) is 18.9 Å². The summed E-state index contributed by atoms with van der Waals surface area (Å²) in [5.41, 5.74) is 8.36. The lowest BCUT2D eigenvalue weighted by molar-refractivity contribution is -0.150. The normalized spacial score (nSPS) is 20.2. The molecule has 3 aromatic carbocycles. The highest BCUT2D eigenvalue weighted by molar-refractivity contribution is 5.91. The predicted octanol–water partition coefficient (Wildman–Crippen LogP) is 5.21. The SMILES string of the molecule is O=C(NCC1CC1)C1=C[C@H](c2cccc3c2Cc2ccccc2-3)C[C@H](OCc2ccc(CO)cc2)O1. The molecule has 1 saturated carbocycles. The molecule has 0 spiro atoms. The molecule has 2 atom stereocenters. The van der Waals surface area contributed by atoms with Gasteiger partial charge in [-0.1, -0.05) is 66.7 Å². The molecule has 5 nitrogen and oxygen atoms in total. The Bertz CT molecular complexity index is 1290. The molecule has 0 radical (unpaired) electrons. The van der Waals surface area contributed by atoms with Crippen LogP contribution >= 0.6 is 0 Å². The quantitative estimate of drug-likeness (QED) is 0.363. The number of carbonyl (C=O) groups excluding carboxylic acids is 1. The zero-order valence-electron chi connectivity index (χ0n) is 20.3. The van der Waals surface area contributed by atoms with Crippen molar-refractivity contribution in [2.24, 2.45) is 5.92 Å². The van der Waals surface area contributed by atoms with E-state index in [1.54, 1.807) is 0 Å². The van der Waals surface area contributed by atoms with E-state index in [1.165, 1.54) is 40.7 Å². The summed E-state index contributed by atoms with van der Waals surface area (Å²) in [7, 11) is 0. The van der Waals surface area contributed by atoms with Crippen LogP contribution in [-0.4, -0.2) is 23.8 Å². The number of hydrogen-bond donors (Lipinski definition) is 2. The van der Waals surface area contributed by atoms with Crippen molar-refractivity contribution in [3.05, 3.63) is 106 Å². The topological polar surface area (TPSA) is 67.8 Å². The number of aliphatic hydroxyl groups is 1. The van der Waals surface area contributed by atoms with Gasteiger partial charge in [0.2, 0.25) is 6.29 Å². The summed E-state index contributed by atoms with van der Waals surface area (Å²) in [6.45, 7) is 1.09. The standard InChI is InChI=1S/C31H31NO4/c33-18-21-10-12-22(13-11-21)19-35-30-16-24(15-29(36-30)31(34)32-17-20-8-9-20)26-6-3-7-27-25-5-2-1-4-23(25)14-28(26)27/h1-7,10-13,15,20,24,30,33H,8-9,14,16-19H2,(H,32,34)/t24-,30+/m0/s1. The number of nitrogens with one attached hydrogen (secondary N) is 1. The molecule has 2 aliphatic carbocycles. The van der Waals surface area contributed by atoms with Gasteiger partial charge in [-0.15, -0.1) is 0 Å². The molecule has 0 aromatic heterocycles. The lowest BCUT2D eigenvalue weighted by Crippen LogP contribution is -2.33. The van der Waals surface area contributed by atoms with Crippen molar-refractivity contribution < 1.29 is 19.4 Å². The number of benzene rings is 3. The van der Waals surface area contributed by atoms with Crippen molar-refractivity contribution in [3.63, 3.8) is 0 Å². The molecule has 5 heteroatoms. The first kappa shape index (κ1) is 23.0. The fourth-order valence-electron chi connectivity index (χ4n) is 5.24. The van der Waals surface area contributed by atoms with E-state index in [0.717, 1.165) is 17.5 Å². The molecule has 1 heterocycles. The van der Waals surface area contributed by atoms with E-state index >= 15 is 0 Å². The fraction of sp³-hybridized carbons (Fsp3) is 0.323. The molecule has 3 aliphatic rings. The second-order valence-electron chi connectivity index (χ2n) is 10.1. The lowest BCUT2D eigenvalue weighted by Gasteiger charge is -2.30. The Morgan fingerprint density at radius 1 is 0.972 bits per heavy atom. The minimum atomic E-state index is -0.529. The van der Waals surface area contributed by atoms with E-state index in [-0.39, 0.29) is 18.4 Å². The van der Waals surface area contributed by atoms with Crippen LogP contribution in [0.15, 0.2) is 78.6 Å². The Labute approximate surface area is 211 Å². The van der Waals surface area contributed by atoms with Gasteiger partial charge in [0.15, 0.2) is 5.76 Å². The van der Waals surface area contributed by atoms with Crippen molar-refractivity contribution in [1.82, 2.24) is 5.32 Å². The number of aliphatic hydroxyl groups excluding tert-OH is 1. The monoisotopic (exact) mass is 481 g/mol. The van der Waals surface area contributed by atoms with Gasteiger partial charge in [-0.2, -0.15) is 0 Å². The molecule has 1 aliphatic heterocycles. The molecule has 3 aromatic rings. The molecule has 2 N–H and O–H groups in total. The fourth-order valence-corrected chi connectivity index (χ4v) is 5.24. The highest BCUT2D eigenvalue weighted by Crippen LogP contribution is 2.43. The van der Waals surface area contributed by atoms with Crippen molar-refractivity contribution in [3.8, 4) is 11.1 Å². The maximum Gasteiger partial charge on any atom is 0.286 e. The van der Waals surface area contributed by atoms with Crippen LogP contribution in [0.2, 0.25) is 0 Å². The highest BCUT2D eigenvalue weighted by atomic mass is 16.7. The second-order valence-corrected chi connectivity index (χ2v) is 10.1. The minimum Gasteiger partial charge on any atom is -0.459 e. The number of fused-ring (bicyclic) bond motifs is 3. The minimum absolute atomic E-state index is 0.0178. The largest absolute Gasteiger partial charge is 0.459 e. The van der Waals surface area contributed by atoms with E-state index in [0.29, 0.717) is 31.2 Å². The van der Waals surface area contributed by atoms with Crippen LogP contribution in [0.4, 0.5) is 0 Å². The highest BCUT2D eigenvalue weighted by Gasteiger charge is 2.32. The number of hydrogen-bond acceptors (Lipinski definition) is 4. The molecule has 1 amide bonds. The van der Waals surface area contributed by atoms with Crippen LogP contribution < -0.4 is 5.32 Å². The van der Waals surface area contributed by atoms with Gasteiger partial charge in [-0.25, -0.2) is 0 Å². The maximum absolute atomic E-state index is 13.0. The van der Waals surface area contributed by atoms with Gasteiger partial charge in [-0.3, -0.25) is 4.79 Å². The van der Waals surface area contributed by atoms with Crippen LogP contribution in [0.3, 0.4) is 0 Å². The van der Waals surface area contributed by atoms with Crippen molar-refractivity contribution in [2.75, 3.05) is 6.54 Å². The van der Waals surface area contributed by atoms with Crippen LogP contribution in [0.1, 0.15) is 53.0 Å². The first-order valence-corrected chi connectivity index (χ1v) is 12.8. The van der Waals surface area contributed by atoms with Gasteiger partial charge in [0.05, 0.1) is 13.2 Å². The molecule has 36 heavy (non-hydrogen) atoms. The summed E-state index contributed by atoms with van der Waals surface area (Å²) in [5, 5.41) is 12.3. The summed E-state index contributed by atoms with van der Waals surface area (Å²) in [6.07, 6.45) is 5.36. The van der Waals surface area contributed by atoms with Crippen LogP contribution in [0, 0.1) is 5.92 Å². The van der Waals surface area contributed by atoms with E-state index in [1.807, 2.05) is 30.3 Å². The molecule has 6 rings (SSSR count). The molecule has 1 fully saturated rings. The summed E-state index contributed by atoms with van der Waals surface area (Å²) < 4.78 is 12.3. The lowest BCUT2D eigenvalue weighted by atomic mass is 9.87. The van der Waals surface area contributed by atoms with E-state index in [2.05, 4.69) is 47.8 Å². The first-order valence-electron chi connectivity index (χ1n) is 12.8. The molecular weight excluding hydrogens is 450 g/mol. The zero-order chi connectivity index (χ0) is 24.5. The predicted molar refractivity (Wildman–Crippen MR) is 138 cm³/mol. The van der Waals surface area contributed by atoms with Gasteiger partial charge in [-0.05, 0) is 70.2 Å². The number of ether oxygens (including phenoxy) is 2. The average Bonchev–Trinajstić information content (AvgIpc) is 3.68. The summed E-state index contributed by atoms with van der Waals surface area (Å²) in [6, 6.07) is 22.8. The van der Waals surface area contributed by atoms with Crippen molar-refractivity contribution >= 4 is 5.91 Å². The van der Waals surface area contributed by atoms with Crippen LogP contribution in [-0.2, 0) is 33.9 Å². The van der Waals surface area contributed by atoms with Crippen LogP contribution in [0.5, 0.6) is 0 Å². The smallest absolute Gasteiger partial charge is 0.286 e. The van der Waals surface area contributed by atoms with E-state index < -0.39 is 6.29 Å². The molecular formula is C31H31NO4. The molecule has 0 saturated heterocycles. The molecule has 184 valence electrons. The third kappa shape index (κ3) is 4.81. The Kier molecular flexibility index (Phi) is 6.34. The van der Waals surface area contributed by atoms with Crippen molar-refractivity contribution in [2.45, 2.75) is 51.1 Å². The Morgan fingerprint density at radius 3 is 2.56 bits per heavy atom. The Hall–Kier alpha value is -3.41. The third-order valence-corrected chi connectivity index (χ3v) is 7.46. The van der Waals surface area contributed by atoms with Gasteiger partial charge >= 0.3 is 0 Å². The van der Waals surface area contributed by atoms with E-state index in [4.69, 9.17) is 9.47 Å². The summed E-state index contributed by atoms with van der Waals surface area (Å²) in [5.74, 6) is 0.800. The average molecular weight is 482 g/mol. The molecule has 0 bridgehead atoms. The summed E-state index contributed by atoms with van der Waals surface area (Å²) >= 11 is 0. The van der Waals surface area contributed by atoms with Gasteiger partial charge in [0.25, 0.3) is 5.91 Å². The summed E-state index contributed by atoms with van der Waals surface area (Å²) in [4.78, 5) is 13.0. The maximum atomic E-state index is 13.0. The molecule has 0 unspecified atom stereocenters. The number of carbonyl (C=O) groups is 1. The Morgan fingerprint density at radius 2 is 1.75 bits per heavy atom. The van der Waals surface area contributed by atoms with Crippen molar-refractivity contribution in [1.29, 1.82) is 0 Å². The Balaban J connectivity index is 1.25. The van der Waals surface area contributed by atoms with E-state index in [9.17, 15) is 9.90 Å². The third-order valence-electron chi connectivity index (χ3n) is 7.46. The van der Waals surface area contributed by atoms with Crippen LogP contribution in [0.25, 0.3) is 11.1 Å². The first-order chi connectivity index (χ1) is 17.7. The van der Waals surface area contributed by atoms with Gasteiger partial charge in [0.1, 0.15) is 0 Å². The zero-order valence-corrected chi connectivity index (χ0v) is 20.3.